The summed E-state index contributed by atoms with van der Waals surface area (Å²) >= 11 is 6.62. The maximum Gasteiger partial charge on any atom is 0.299 e. The molecule has 1 amide bonds. The summed E-state index contributed by atoms with van der Waals surface area (Å²) in [4.78, 5) is 29.7. The zero-order valence-corrected chi connectivity index (χ0v) is 13.3. The first-order valence-electron chi connectivity index (χ1n) is 5.82. The van der Waals surface area contributed by atoms with Crippen LogP contribution in [0.25, 0.3) is 0 Å². The van der Waals surface area contributed by atoms with Crippen LogP contribution >= 0.6 is 31.9 Å². The lowest BCUT2D eigenvalue weighted by molar-refractivity contribution is -0.114. The van der Waals surface area contributed by atoms with E-state index < -0.39 is 11.7 Å². The van der Waals surface area contributed by atoms with Crippen molar-refractivity contribution in [2.45, 2.75) is 6.54 Å². The van der Waals surface area contributed by atoms with E-state index in [4.69, 9.17) is 0 Å². The first kappa shape index (κ1) is 13.5. The maximum atomic E-state index is 12.1. The summed E-state index contributed by atoms with van der Waals surface area (Å²) in [6, 6.07) is 8.92. The Balaban J connectivity index is 1.97. The molecule has 0 radical (unpaired) electrons. The highest BCUT2D eigenvalue weighted by Crippen LogP contribution is 2.32. The van der Waals surface area contributed by atoms with Gasteiger partial charge in [-0.25, -0.2) is 0 Å². The third-order valence-corrected chi connectivity index (χ3v) is 4.00. The molecule has 2 heterocycles. The van der Waals surface area contributed by atoms with E-state index >= 15 is 0 Å². The zero-order chi connectivity index (χ0) is 14.3. The molecule has 0 saturated carbocycles. The van der Waals surface area contributed by atoms with Crippen LogP contribution in [0.1, 0.15) is 16.1 Å². The summed E-state index contributed by atoms with van der Waals surface area (Å²) in [6.07, 6.45) is 1.67. The molecule has 0 unspecified atom stereocenters. The smallest absolute Gasteiger partial charge is 0.299 e. The Labute approximate surface area is 132 Å². The number of hydrogen-bond acceptors (Lipinski definition) is 3. The van der Waals surface area contributed by atoms with Gasteiger partial charge in [-0.2, -0.15) is 0 Å². The Morgan fingerprint density at radius 2 is 1.80 bits per heavy atom. The first-order chi connectivity index (χ1) is 9.56. The summed E-state index contributed by atoms with van der Waals surface area (Å²) in [6.45, 7) is 0.284. The van der Waals surface area contributed by atoms with E-state index in [9.17, 15) is 9.59 Å². The second-order valence-electron chi connectivity index (χ2n) is 4.35. The predicted molar refractivity (Wildman–Crippen MR) is 81.6 cm³/mol. The Bertz CT molecular complexity index is 714. The molecule has 1 aliphatic heterocycles. The predicted octanol–water partition coefficient (Wildman–Crippen LogP) is 3.34. The molecule has 0 bridgehead atoms. The zero-order valence-electron chi connectivity index (χ0n) is 10.1. The average Bonchev–Trinajstić information content (AvgIpc) is 2.66. The van der Waals surface area contributed by atoms with Gasteiger partial charge in [0.15, 0.2) is 0 Å². The highest BCUT2D eigenvalue weighted by Gasteiger charge is 2.35. The number of amides is 1. The highest BCUT2D eigenvalue weighted by atomic mass is 79.9. The number of carbonyl (C=O) groups excluding carboxylic acids is 2. The fourth-order valence-electron chi connectivity index (χ4n) is 2.09. The van der Waals surface area contributed by atoms with Crippen molar-refractivity contribution in [1.82, 2.24) is 4.98 Å². The Morgan fingerprint density at radius 3 is 2.50 bits per heavy atom. The van der Waals surface area contributed by atoms with Crippen LogP contribution in [0.2, 0.25) is 0 Å². The molecular weight excluding hydrogens is 388 g/mol. The summed E-state index contributed by atoms with van der Waals surface area (Å²) in [5.41, 5.74) is 1.79. The lowest BCUT2D eigenvalue weighted by Crippen LogP contribution is -2.29. The molecule has 6 heteroatoms. The third kappa shape index (κ3) is 2.29. The molecule has 0 spiro atoms. The van der Waals surface area contributed by atoms with Gasteiger partial charge in [0.2, 0.25) is 0 Å². The second kappa shape index (κ2) is 5.10. The normalized spacial score (nSPS) is 13.8. The second-order valence-corrected chi connectivity index (χ2v) is 6.18. The molecule has 2 aromatic rings. The summed E-state index contributed by atoms with van der Waals surface area (Å²) in [7, 11) is 0. The number of pyridine rings is 1. The van der Waals surface area contributed by atoms with E-state index in [2.05, 4.69) is 36.8 Å². The lowest BCUT2D eigenvalue weighted by Gasteiger charge is -2.15. The summed E-state index contributed by atoms with van der Waals surface area (Å²) in [5, 5.41) is 0. The van der Waals surface area contributed by atoms with Crippen LogP contribution in [0.15, 0.2) is 45.5 Å². The summed E-state index contributed by atoms with van der Waals surface area (Å²) in [5.74, 6) is -0.985. The van der Waals surface area contributed by atoms with Gasteiger partial charge in [0.05, 0.1) is 23.5 Å². The number of ketones is 1. The number of rotatable bonds is 2. The number of hydrogen-bond donors (Lipinski definition) is 0. The van der Waals surface area contributed by atoms with Gasteiger partial charge in [0.25, 0.3) is 11.7 Å². The van der Waals surface area contributed by atoms with E-state index in [1.165, 1.54) is 4.90 Å². The molecule has 1 aliphatic rings. The monoisotopic (exact) mass is 394 g/mol. The molecule has 100 valence electrons. The van der Waals surface area contributed by atoms with Gasteiger partial charge in [-0.3, -0.25) is 19.5 Å². The third-order valence-electron chi connectivity index (χ3n) is 3.04. The van der Waals surface area contributed by atoms with E-state index in [1.54, 1.807) is 18.3 Å². The molecule has 0 aliphatic carbocycles. The van der Waals surface area contributed by atoms with Gasteiger partial charge < -0.3 is 0 Å². The molecule has 1 aromatic heterocycles. The van der Waals surface area contributed by atoms with Gasteiger partial charge in [-0.1, -0.05) is 15.9 Å². The van der Waals surface area contributed by atoms with Crippen molar-refractivity contribution in [2.75, 3.05) is 4.90 Å². The van der Waals surface area contributed by atoms with Crippen molar-refractivity contribution >= 4 is 49.2 Å². The minimum Gasteiger partial charge on any atom is -0.299 e. The average molecular weight is 396 g/mol. The molecule has 4 nitrogen and oxygen atoms in total. The lowest BCUT2D eigenvalue weighted by atomic mass is 10.1. The SMILES string of the molecule is O=C1C(=O)N(Cc2ccc(Br)cn2)c2ccc(Br)cc21. The van der Waals surface area contributed by atoms with Gasteiger partial charge in [-0.15, -0.1) is 0 Å². The van der Waals surface area contributed by atoms with Crippen molar-refractivity contribution in [1.29, 1.82) is 0 Å². The molecule has 3 rings (SSSR count). The van der Waals surface area contributed by atoms with Crippen LogP contribution < -0.4 is 4.90 Å². The van der Waals surface area contributed by atoms with Crippen molar-refractivity contribution in [3.63, 3.8) is 0 Å². The van der Waals surface area contributed by atoms with Gasteiger partial charge in [0.1, 0.15) is 0 Å². The van der Waals surface area contributed by atoms with E-state index in [0.29, 0.717) is 11.3 Å². The van der Waals surface area contributed by atoms with Crippen LogP contribution in [0.5, 0.6) is 0 Å². The fourth-order valence-corrected chi connectivity index (χ4v) is 2.69. The molecule has 20 heavy (non-hydrogen) atoms. The topological polar surface area (TPSA) is 50.3 Å². The molecular formula is C14H8Br2N2O2. The van der Waals surface area contributed by atoms with Crippen molar-refractivity contribution < 1.29 is 9.59 Å². The number of aromatic nitrogens is 1. The largest absolute Gasteiger partial charge is 0.299 e. The molecule has 0 saturated heterocycles. The van der Waals surface area contributed by atoms with E-state index in [-0.39, 0.29) is 6.54 Å². The number of anilines is 1. The Hall–Kier alpha value is -1.53. The van der Waals surface area contributed by atoms with E-state index in [1.807, 2.05) is 18.2 Å². The number of nitrogens with zero attached hydrogens (tertiary/aromatic N) is 2. The Kier molecular flexibility index (Phi) is 3.43. The quantitative estimate of drug-likeness (QED) is 0.732. The fraction of sp³-hybridized carbons (Fsp3) is 0.0714. The van der Waals surface area contributed by atoms with Gasteiger partial charge >= 0.3 is 0 Å². The Morgan fingerprint density at radius 1 is 1.05 bits per heavy atom. The van der Waals surface area contributed by atoms with Crippen LogP contribution in [0.4, 0.5) is 5.69 Å². The van der Waals surface area contributed by atoms with E-state index in [0.717, 1.165) is 14.6 Å². The minimum atomic E-state index is -0.511. The van der Waals surface area contributed by atoms with Gasteiger partial charge in [-0.05, 0) is 46.3 Å². The van der Waals surface area contributed by atoms with Crippen LogP contribution in [-0.2, 0) is 11.3 Å². The molecule has 0 fully saturated rings. The summed E-state index contributed by atoms with van der Waals surface area (Å²) < 4.78 is 1.65. The van der Waals surface area contributed by atoms with Crippen molar-refractivity contribution in [2.24, 2.45) is 0 Å². The van der Waals surface area contributed by atoms with Crippen LogP contribution in [-0.4, -0.2) is 16.7 Å². The number of carbonyl (C=O) groups is 2. The van der Waals surface area contributed by atoms with Crippen molar-refractivity contribution in [3.05, 3.63) is 56.7 Å². The molecule has 0 atom stereocenters. The number of Topliss-reactive ketones (excluding diaryl/α,β-unsaturated/α-hetero) is 1. The standard InChI is InChI=1S/C14H8Br2N2O2/c15-8-2-4-12-11(5-8)13(19)14(20)18(12)7-10-3-1-9(16)6-17-10/h1-6H,7H2. The van der Waals surface area contributed by atoms with Gasteiger partial charge in [0, 0.05) is 15.1 Å². The maximum absolute atomic E-state index is 12.1. The molecule has 1 aromatic carbocycles. The van der Waals surface area contributed by atoms with Crippen LogP contribution in [0, 0.1) is 0 Å². The molecule has 0 N–H and O–H groups in total. The van der Waals surface area contributed by atoms with Crippen LogP contribution in [0.3, 0.4) is 0 Å². The number of halogens is 2. The minimum absolute atomic E-state index is 0.284. The number of fused-ring (bicyclic) bond motifs is 1. The highest BCUT2D eigenvalue weighted by molar-refractivity contribution is 9.10. The number of benzene rings is 1. The first-order valence-corrected chi connectivity index (χ1v) is 7.41. The van der Waals surface area contributed by atoms with Crippen molar-refractivity contribution in [3.8, 4) is 0 Å².